The van der Waals surface area contributed by atoms with Crippen LogP contribution in [-0.2, 0) is 4.74 Å². The third-order valence-electron chi connectivity index (χ3n) is 3.24. The fourth-order valence-electron chi connectivity index (χ4n) is 2.40. The molecule has 1 fully saturated rings. The number of benzene rings is 1. The lowest BCUT2D eigenvalue weighted by molar-refractivity contribution is -0.384. The molecule has 1 heterocycles. The number of ether oxygens (including phenoxy) is 1. The van der Waals surface area contributed by atoms with Gasteiger partial charge < -0.3 is 14.5 Å². The van der Waals surface area contributed by atoms with E-state index in [1.54, 1.807) is 0 Å². The van der Waals surface area contributed by atoms with Gasteiger partial charge in [0.25, 0.3) is 5.69 Å². The Hall–Kier alpha value is -1.08. The number of nitrogens with zero attached hydrogens (tertiary/aromatic N) is 3. The maximum Gasteiger partial charge on any atom is 0.272 e. The van der Waals surface area contributed by atoms with Crippen LogP contribution < -0.4 is 4.90 Å². The van der Waals surface area contributed by atoms with E-state index in [1.807, 2.05) is 23.9 Å². The van der Waals surface area contributed by atoms with E-state index in [1.165, 1.54) is 12.1 Å². The zero-order chi connectivity index (χ0) is 15.6. The van der Waals surface area contributed by atoms with Crippen molar-refractivity contribution in [2.24, 2.45) is 0 Å². The van der Waals surface area contributed by atoms with E-state index in [4.69, 9.17) is 27.9 Å². The minimum Gasteiger partial charge on any atom is -0.373 e. The number of hydrogen-bond acceptors (Lipinski definition) is 5. The second kappa shape index (κ2) is 6.79. The topological polar surface area (TPSA) is 58.9 Å². The van der Waals surface area contributed by atoms with Gasteiger partial charge in [-0.15, -0.1) is 0 Å². The number of morpholine rings is 1. The number of nitro groups is 1. The number of hydrogen-bond donors (Lipinski definition) is 0. The largest absolute Gasteiger partial charge is 0.373 e. The minimum absolute atomic E-state index is 0.0519. The molecule has 6 nitrogen and oxygen atoms in total. The van der Waals surface area contributed by atoms with E-state index >= 15 is 0 Å². The molecule has 1 aromatic carbocycles. The quantitative estimate of drug-likeness (QED) is 0.626. The van der Waals surface area contributed by atoms with Crippen molar-refractivity contribution < 1.29 is 9.66 Å². The van der Waals surface area contributed by atoms with Crippen molar-refractivity contribution in [2.75, 3.05) is 45.2 Å². The van der Waals surface area contributed by atoms with Gasteiger partial charge in [-0.2, -0.15) is 0 Å². The Balaban J connectivity index is 2.23. The Bertz CT molecular complexity index is 516. The summed E-state index contributed by atoms with van der Waals surface area (Å²) in [6, 6.07) is 2.67. The van der Waals surface area contributed by atoms with E-state index in [-0.39, 0.29) is 11.8 Å². The first kappa shape index (κ1) is 16.3. The molecule has 1 atom stereocenters. The van der Waals surface area contributed by atoms with Gasteiger partial charge in [0, 0.05) is 31.8 Å². The molecule has 1 aliphatic heterocycles. The zero-order valence-corrected chi connectivity index (χ0v) is 13.4. The molecular formula is C13H17Cl2N3O3. The highest BCUT2D eigenvalue weighted by Gasteiger charge is 2.25. The first-order chi connectivity index (χ1) is 9.88. The normalized spacial score (nSPS) is 19.1. The predicted octanol–water partition coefficient (Wildman–Crippen LogP) is 2.67. The number of rotatable bonds is 4. The molecule has 0 saturated carbocycles. The lowest BCUT2D eigenvalue weighted by Crippen LogP contribution is -2.46. The third-order valence-corrected chi connectivity index (χ3v) is 3.81. The lowest BCUT2D eigenvalue weighted by atomic mass is 10.2. The molecule has 0 N–H and O–H groups in total. The summed E-state index contributed by atoms with van der Waals surface area (Å²) < 4.78 is 5.70. The molecule has 1 unspecified atom stereocenters. The smallest absolute Gasteiger partial charge is 0.272 e. The van der Waals surface area contributed by atoms with Gasteiger partial charge in [0.1, 0.15) is 0 Å². The maximum atomic E-state index is 10.8. The van der Waals surface area contributed by atoms with Crippen LogP contribution in [0, 0.1) is 10.1 Å². The number of nitro benzene ring substituents is 1. The maximum absolute atomic E-state index is 10.8. The molecule has 21 heavy (non-hydrogen) atoms. The van der Waals surface area contributed by atoms with Crippen molar-refractivity contribution in [1.29, 1.82) is 0 Å². The minimum atomic E-state index is -0.504. The number of anilines is 1. The van der Waals surface area contributed by atoms with Crippen molar-refractivity contribution >= 4 is 34.6 Å². The SMILES string of the molecule is CN(C)CC1CN(c2c(Cl)cc([N+](=O)[O-])cc2Cl)CCO1. The van der Waals surface area contributed by atoms with Crippen LogP contribution in [-0.4, -0.2) is 56.3 Å². The van der Waals surface area contributed by atoms with Gasteiger partial charge in [0.2, 0.25) is 0 Å². The van der Waals surface area contributed by atoms with Gasteiger partial charge in [0.15, 0.2) is 0 Å². The Morgan fingerprint density at radius 3 is 2.57 bits per heavy atom. The Morgan fingerprint density at radius 1 is 1.43 bits per heavy atom. The molecule has 0 amide bonds. The predicted molar refractivity (Wildman–Crippen MR) is 83.6 cm³/mol. The molecule has 8 heteroatoms. The second-order valence-electron chi connectivity index (χ2n) is 5.22. The van der Waals surface area contributed by atoms with E-state index in [0.29, 0.717) is 35.4 Å². The Labute approximate surface area is 133 Å². The molecule has 1 aromatic rings. The van der Waals surface area contributed by atoms with Crippen LogP contribution in [0.5, 0.6) is 0 Å². The number of halogens is 2. The summed E-state index contributed by atoms with van der Waals surface area (Å²) in [7, 11) is 3.96. The third kappa shape index (κ3) is 3.97. The highest BCUT2D eigenvalue weighted by molar-refractivity contribution is 6.39. The standard InChI is InChI=1S/C13H17Cl2N3O3/c1-16(2)7-10-8-17(3-4-21-10)13-11(14)5-9(18(19)20)6-12(13)15/h5-6,10H,3-4,7-8H2,1-2H3. The van der Waals surface area contributed by atoms with E-state index in [2.05, 4.69) is 0 Å². The molecule has 1 saturated heterocycles. The fourth-order valence-corrected chi connectivity index (χ4v) is 3.11. The van der Waals surface area contributed by atoms with Crippen molar-refractivity contribution in [3.63, 3.8) is 0 Å². The summed E-state index contributed by atoms with van der Waals surface area (Å²) in [6.07, 6.45) is 0.0519. The zero-order valence-electron chi connectivity index (χ0n) is 11.9. The number of non-ortho nitro benzene ring substituents is 1. The molecule has 0 spiro atoms. The van der Waals surface area contributed by atoms with E-state index < -0.39 is 4.92 Å². The summed E-state index contributed by atoms with van der Waals surface area (Å²) in [4.78, 5) is 14.4. The molecular weight excluding hydrogens is 317 g/mol. The van der Waals surface area contributed by atoms with Crippen LogP contribution in [0.1, 0.15) is 0 Å². The molecule has 0 bridgehead atoms. The van der Waals surface area contributed by atoms with Gasteiger partial charge in [-0.1, -0.05) is 23.2 Å². The lowest BCUT2D eigenvalue weighted by Gasteiger charge is -2.36. The van der Waals surface area contributed by atoms with Crippen LogP contribution >= 0.6 is 23.2 Å². The van der Waals surface area contributed by atoms with Crippen molar-refractivity contribution in [1.82, 2.24) is 4.90 Å². The molecule has 116 valence electrons. The van der Waals surface area contributed by atoms with Crippen molar-refractivity contribution in [3.05, 3.63) is 32.3 Å². The van der Waals surface area contributed by atoms with Crippen molar-refractivity contribution in [3.8, 4) is 0 Å². The van der Waals surface area contributed by atoms with Crippen LogP contribution in [0.4, 0.5) is 11.4 Å². The van der Waals surface area contributed by atoms with Crippen LogP contribution in [0.25, 0.3) is 0 Å². The average molecular weight is 334 g/mol. The fraction of sp³-hybridized carbons (Fsp3) is 0.538. The molecule has 0 radical (unpaired) electrons. The van der Waals surface area contributed by atoms with Gasteiger partial charge in [-0.25, -0.2) is 0 Å². The van der Waals surface area contributed by atoms with E-state index in [9.17, 15) is 10.1 Å². The highest BCUT2D eigenvalue weighted by Crippen LogP contribution is 2.38. The summed E-state index contributed by atoms with van der Waals surface area (Å²) in [6.45, 7) is 2.66. The molecule has 0 aromatic heterocycles. The molecule has 0 aliphatic carbocycles. The van der Waals surface area contributed by atoms with Crippen molar-refractivity contribution in [2.45, 2.75) is 6.10 Å². The first-order valence-corrected chi connectivity index (χ1v) is 7.28. The summed E-state index contributed by atoms with van der Waals surface area (Å²) in [5.74, 6) is 0. The van der Waals surface area contributed by atoms with Gasteiger partial charge in [-0.05, 0) is 14.1 Å². The van der Waals surface area contributed by atoms with Gasteiger partial charge in [0.05, 0.1) is 33.4 Å². The van der Waals surface area contributed by atoms with E-state index in [0.717, 1.165) is 6.54 Å². The summed E-state index contributed by atoms with van der Waals surface area (Å²) in [5.41, 5.74) is 0.530. The van der Waals surface area contributed by atoms with Crippen LogP contribution in [0.3, 0.4) is 0 Å². The number of likely N-dealkylation sites (N-methyl/N-ethyl adjacent to an activating group) is 1. The Morgan fingerprint density at radius 2 is 2.05 bits per heavy atom. The van der Waals surface area contributed by atoms with Crippen LogP contribution in [0.2, 0.25) is 10.0 Å². The molecule has 1 aliphatic rings. The molecule has 2 rings (SSSR count). The summed E-state index contributed by atoms with van der Waals surface area (Å²) >= 11 is 12.4. The highest BCUT2D eigenvalue weighted by atomic mass is 35.5. The van der Waals surface area contributed by atoms with Crippen LogP contribution in [0.15, 0.2) is 12.1 Å². The van der Waals surface area contributed by atoms with Gasteiger partial charge in [-0.3, -0.25) is 10.1 Å². The van der Waals surface area contributed by atoms with Gasteiger partial charge >= 0.3 is 0 Å². The second-order valence-corrected chi connectivity index (χ2v) is 6.03. The first-order valence-electron chi connectivity index (χ1n) is 6.53. The Kier molecular flexibility index (Phi) is 5.27. The summed E-state index contributed by atoms with van der Waals surface area (Å²) in [5, 5.41) is 11.4. The monoisotopic (exact) mass is 333 g/mol. The average Bonchev–Trinajstić information content (AvgIpc) is 2.37.